The van der Waals surface area contributed by atoms with Crippen LogP contribution >= 0.6 is 23.1 Å². The van der Waals surface area contributed by atoms with Crippen molar-refractivity contribution in [3.63, 3.8) is 0 Å². The molecule has 2 heterocycles. The minimum atomic E-state index is -0.747. The second-order valence-corrected chi connectivity index (χ2v) is 6.65. The van der Waals surface area contributed by atoms with Crippen molar-refractivity contribution in [2.75, 3.05) is 11.5 Å². The van der Waals surface area contributed by atoms with Crippen LogP contribution in [0.1, 0.15) is 39.8 Å². The molecule has 6 heteroatoms. The van der Waals surface area contributed by atoms with Gasteiger partial charge in [0.1, 0.15) is 5.54 Å². The van der Waals surface area contributed by atoms with Gasteiger partial charge in [-0.2, -0.15) is 17.0 Å². The summed E-state index contributed by atoms with van der Waals surface area (Å²) >= 11 is 3.04. The summed E-state index contributed by atoms with van der Waals surface area (Å²) in [6, 6.07) is 3.83. The Kier molecular flexibility index (Phi) is 4.27. The Balaban J connectivity index is 2.11. The van der Waals surface area contributed by atoms with Crippen LogP contribution in [-0.2, 0) is 0 Å². The number of nitrogens with zero attached hydrogens (tertiary/aromatic N) is 1. The predicted octanol–water partition coefficient (Wildman–Crippen LogP) is 2.47. The highest BCUT2D eigenvalue weighted by Crippen LogP contribution is 2.27. The Morgan fingerprint density at radius 3 is 2.63 bits per heavy atom. The van der Waals surface area contributed by atoms with E-state index < -0.39 is 5.54 Å². The van der Waals surface area contributed by atoms with E-state index in [-0.39, 0.29) is 11.7 Å². The zero-order valence-corrected chi connectivity index (χ0v) is 12.2. The summed E-state index contributed by atoms with van der Waals surface area (Å²) in [5.41, 5.74) is -0.205. The highest BCUT2D eigenvalue weighted by Gasteiger charge is 2.34. The third kappa shape index (κ3) is 3.17. The van der Waals surface area contributed by atoms with Crippen molar-refractivity contribution in [2.45, 2.75) is 25.3 Å². The molecule has 0 spiro atoms. The minimum absolute atomic E-state index is 0.0561. The summed E-state index contributed by atoms with van der Waals surface area (Å²) in [6.07, 6.45) is 1.34. The maximum atomic E-state index is 12.1. The molecule has 1 aliphatic heterocycles. The number of thioether (sulfide) groups is 1. The van der Waals surface area contributed by atoms with Crippen LogP contribution < -0.4 is 5.32 Å². The molecule has 19 heavy (non-hydrogen) atoms. The molecule has 1 fully saturated rings. The Labute approximate surface area is 120 Å². The highest BCUT2D eigenvalue weighted by atomic mass is 32.2. The first kappa shape index (κ1) is 14.1. The summed E-state index contributed by atoms with van der Waals surface area (Å²) in [5.74, 6) is 1.46. The third-order valence-corrected chi connectivity index (χ3v) is 5.06. The van der Waals surface area contributed by atoms with E-state index >= 15 is 0 Å². The second kappa shape index (κ2) is 5.76. The topological polar surface area (TPSA) is 70.0 Å². The summed E-state index contributed by atoms with van der Waals surface area (Å²) in [6.45, 7) is 1.47. The fourth-order valence-corrected chi connectivity index (χ4v) is 3.93. The first-order valence-electron chi connectivity index (χ1n) is 5.97. The molecule has 1 aliphatic rings. The SMILES string of the molecule is CC(=O)c1csc(C(=O)NC2(C#N)CCSCC2)c1. The molecule has 1 N–H and O–H groups in total. The van der Waals surface area contributed by atoms with Gasteiger partial charge in [-0.15, -0.1) is 11.3 Å². The van der Waals surface area contributed by atoms with Crippen LogP contribution in [0.15, 0.2) is 11.4 Å². The number of ketones is 1. The van der Waals surface area contributed by atoms with Crippen molar-refractivity contribution in [3.8, 4) is 6.07 Å². The number of nitriles is 1. The molecule has 0 saturated carbocycles. The van der Waals surface area contributed by atoms with Gasteiger partial charge in [0.2, 0.25) is 0 Å². The Morgan fingerprint density at radius 1 is 1.42 bits per heavy atom. The number of carbonyl (C=O) groups excluding carboxylic acids is 2. The number of nitrogens with one attached hydrogen (secondary N) is 1. The molecule has 0 aliphatic carbocycles. The van der Waals surface area contributed by atoms with Gasteiger partial charge in [-0.05, 0) is 37.3 Å². The summed E-state index contributed by atoms with van der Waals surface area (Å²) in [7, 11) is 0. The minimum Gasteiger partial charge on any atom is -0.333 e. The summed E-state index contributed by atoms with van der Waals surface area (Å²) in [5, 5.41) is 13.8. The molecule has 1 aromatic rings. The fourth-order valence-electron chi connectivity index (χ4n) is 1.90. The third-order valence-electron chi connectivity index (χ3n) is 3.14. The van der Waals surface area contributed by atoms with E-state index in [9.17, 15) is 14.9 Å². The fraction of sp³-hybridized carbons (Fsp3) is 0.462. The van der Waals surface area contributed by atoms with Crippen LogP contribution in [-0.4, -0.2) is 28.7 Å². The standard InChI is InChI=1S/C13H14N2O2S2/c1-9(16)10-6-11(19-7-10)12(17)15-13(8-14)2-4-18-5-3-13/h6-7H,2-5H2,1H3,(H,15,17). The predicted molar refractivity (Wildman–Crippen MR) is 76.7 cm³/mol. The molecular formula is C13H14N2O2S2. The molecule has 0 unspecified atom stereocenters. The molecule has 0 bridgehead atoms. The smallest absolute Gasteiger partial charge is 0.262 e. The van der Waals surface area contributed by atoms with Gasteiger partial charge in [0.25, 0.3) is 5.91 Å². The van der Waals surface area contributed by atoms with Crippen LogP contribution in [0.2, 0.25) is 0 Å². The average molecular weight is 294 g/mol. The van der Waals surface area contributed by atoms with E-state index in [0.29, 0.717) is 23.3 Å². The van der Waals surface area contributed by atoms with E-state index in [1.807, 2.05) is 0 Å². The van der Waals surface area contributed by atoms with Crippen molar-refractivity contribution in [1.29, 1.82) is 5.26 Å². The molecule has 2 rings (SSSR count). The van der Waals surface area contributed by atoms with Crippen molar-refractivity contribution >= 4 is 34.8 Å². The normalized spacial score (nSPS) is 17.5. The maximum absolute atomic E-state index is 12.1. The van der Waals surface area contributed by atoms with E-state index in [4.69, 9.17) is 0 Å². The number of hydrogen-bond donors (Lipinski definition) is 1. The van der Waals surface area contributed by atoms with Crippen LogP contribution in [0.4, 0.5) is 0 Å². The molecule has 0 aromatic carbocycles. The van der Waals surface area contributed by atoms with Crippen LogP contribution in [0, 0.1) is 11.3 Å². The van der Waals surface area contributed by atoms with Crippen LogP contribution in [0.3, 0.4) is 0 Å². The number of amides is 1. The number of Topliss-reactive ketones (excluding diaryl/α,β-unsaturated/α-hetero) is 1. The Morgan fingerprint density at radius 2 is 2.11 bits per heavy atom. The first-order valence-corrected chi connectivity index (χ1v) is 8.01. The van der Waals surface area contributed by atoms with E-state index in [0.717, 1.165) is 11.5 Å². The van der Waals surface area contributed by atoms with Crippen molar-refractivity contribution in [1.82, 2.24) is 5.32 Å². The number of thiophene rings is 1. The van der Waals surface area contributed by atoms with Crippen molar-refractivity contribution in [2.24, 2.45) is 0 Å². The van der Waals surface area contributed by atoms with Gasteiger partial charge in [-0.25, -0.2) is 0 Å². The highest BCUT2D eigenvalue weighted by molar-refractivity contribution is 7.99. The molecule has 0 radical (unpaired) electrons. The van der Waals surface area contributed by atoms with Gasteiger partial charge in [0.05, 0.1) is 10.9 Å². The van der Waals surface area contributed by atoms with E-state index in [1.54, 1.807) is 23.2 Å². The van der Waals surface area contributed by atoms with Gasteiger partial charge < -0.3 is 5.32 Å². The van der Waals surface area contributed by atoms with Crippen LogP contribution in [0.25, 0.3) is 0 Å². The van der Waals surface area contributed by atoms with Gasteiger partial charge in [0.15, 0.2) is 5.78 Å². The number of hydrogen-bond acceptors (Lipinski definition) is 5. The van der Waals surface area contributed by atoms with Gasteiger partial charge >= 0.3 is 0 Å². The lowest BCUT2D eigenvalue weighted by molar-refractivity contribution is 0.0919. The summed E-state index contributed by atoms with van der Waals surface area (Å²) < 4.78 is 0. The van der Waals surface area contributed by atoms with E-state index in [2.05, 4.69) is 11.4 Å². The van der Waals surface area contributed by atoms with Gasteiger partial charge in [-0.3, -0.25) is 9.59 Å². The average Bonchev–Trinajstić information content (AvgIpc) is 2.89. The quantitative estimate of drug-likeness (QED) is 0.869. The van der Waals surface area contributed by atoms with Crippen molar-refractivity contribution < 1.29 is 9.59 Å². The van der Waals surface area contributed by atoms with Crippen LogP contribution in [0.5, 0.6) is 0 Å². The van der Waals surface area contributed by atoms with E-state index in [1.165, 1.54) is 18.3 Å². The lowest BCUT2D eigenvalue weighted by Gasteiger charge is -2.30. The second-order valence-electron chi connectivity index (χ2n) is 4.52. The van der Waals surface area contributed by atoms with Crippen molar-refractivity contribution in [3.05, 3.63) is 21.9 Å². The zero-order valence-electron chi connectivity index (χ0n) is 10.6. The lowest BCUT2D eigenvalue weighted by Crippen LogP contribution is -2.49. The maximum Gasteiger partial charge on any atom is 0.262 e. The Bertz CT molecular complexity index is 539. The molecule has 4 nitrogen and oxygen atoms in total. The largest absolute Gasteiger partial charge is 0.333 e. The molecule has 1 saturated heterocycles. The molecular weight excluding hydrogens is 280 g/mol. The monoisotopic (exact) mass is 294 g/mol. The van der Waals surface area contributed by atoms with Gasteiger partial charge in [0, 0.05) is 10.9 Å². The molecule has 0 atom stereocenters. The first-order chi connectivity index (χ1) is 9.06. The van der Waals surface area contributed by atoms with Gasteiger partial charge in [-0.1, -0.05) is 0 Å². The lowest BCUT2D eigenvalue weighted by atomic mass is 9.94. The molecule has 1 aromatic heterocycles. The summed E-state index contributed by atoms with van der Waals surface area (Å²) in [4.78, 5) is 23.8. The Hall–Kier alpha value is -1.32. The molecule has 100 valence electrons. The number of rotatable bonds is 3. The number of carbonyl (C=O) groups is 2. The molecule has 1 amide bonds. The zero-order chi connectivity index (χ0) is 13.9.